The molecule has 0 atom stereocenters. The molecule has 0 spiro atoms. The number of aliphatic hydroxyl groups excluding tert-OH is 2. The Balaban J connectivity index is 0.000000763. The molecule has 0 saturated carbocycles. The van der Waals surface area contributed by atoms with Gasteiger partial charge < -0.3 is 27.5 Å². The number of rotatable bonds is 6. The summed E-state index contributed by atoms with van der Waals surface area (Å²) in [5.74, 6) is 2.36. The summed E-state index contributed by atoms with van der Waals surface area (Å²) in [7, 11) is -5.98. The zero-order valence-corrected chi connectivity index (χ0v) is 16.8. The average Bonchev–Trinajstić information content (AvgIpc) is 2.32. The van der Waals surface area contributed by atoms with Crippen molar-refractivity contribution in [2.24, 2.45) is 0 Å². The van der Waals surface area contributed by atoms with E-state index in [4.69, 9.17) is 10.2 Å². The van der Waals surface area contributed by atoms with E-state index < -0.39 is 7.25 Å². The normalized spacial score (nSPS) is 11.4. The van der Waals surface area contributed by atoms with Crippen LogP contribution in [0.1, 0.15) is 5.56 Å². The van der Waals surface area contributed by atoms with Crippen LogP contribution in [-0.4, -0.2) is 42.2 Å². The van der Waals surface area contributed by atoms with Crippen molar-refractivity contribution >= 4 is 65.9 Å². The molecule has 0 aromatic heterocycles. The molecule has 1 aromatic carbocycles. The van der Waals surface area contributed by atoms with Gasteiger partial charge in [-0.1, -0.05) is 47.8 Å². The van der Waals surface area contributed by atoms with E-state index in [1.165, 1.54) is 5.56 Å². The van der Waals surface area contributed by atoms with E-state index in [1.807, 2.05) is 12.1 Å². The minimum atomic E-state index is -6.00. The van der Waals surface area contributed by atoms with Crippen molar-refractivity contribution in [1.29, 1.82) is 0 Å². The molecule has 0 saturated heterocycles. The molecule has 2 nitrogen and oxygen atoms in total. The second-order valence-corrected chi connectivity index (χ2v) is 8.91. The maximum atomic E-state index is 9.75. The van der Waals surface area contributed by atoms with Crippen LogP contribution < -0.4 is 0 Å². The van der Waals surface area contributed by atoms with Crippen LogP contribution in [0, 0.1) is 0 Å². The van der Waals surface area contributed by atoms with Crippen LogP contribution in [-0.2, 0) is 16.6 Å². The van der Waals surface area contributed by atoms with E-state index in [2.05, 4.69) is 47.8 Å². The third kappa shape index (κ3) is 11.3. The molecule has 11 heteroatoms. The second-order valence-electron chi connectivity index (χ2n) is 3.96. The summed E-state index contributed by atoms with van der Waals surface area (Å²) >= 11 is 10.5. The molecule has 1 aromatic rings. The lowest BCUT2D eigenvalue weighted by atomic mass is 10.2. The minimum Gasteiger partial charge on any atom is -0.418 e. The molecule has 22 heavy (non-hydrogen) atoms. The number of aliphatic hydroxyl groups is 2. The van der Waals surface area contributed by atoms with E-state index in [0.717, 1.165) is 30.7 Å². The number of hydrogen-bond donors (Lipinski definition) is 2. The monoisotopic (exact) mass is 534 g/mol. The number of halogens is 7. The Kier molecular flexibility index (Phi) is 11.7. The number of hydrogen-bond acceptors (Lipinski definition) is 2. The van der Waals surface area contributed by atoms with Gasteiger partial charge in [0.25, 0.3) is 0 Å². The summed E-state index contributed by atoms with van der Waals surface area (Å²) in [6.07, 6.45) is 0. The van der Waals surface area contributed by atoms with Gasteiger partial charge in [0.15, 0.2) is 0 Å². The molecule has 1 rings (SSSR count). The lowest BCUT2D eigenvalue weighted by Gasteiger charge is -2.10. The lowest BCUT2D eigenvalue weighted by molar-refractivity contribution is 0.316. The van der Waals surface area contributed by atoms with Gasteiger partial charge in [0.05, 0.1) is 13.2 Å². The molecule has 128 valence electrons. The Morgan fingerprint density at radius 3 is 1.59 bits per heavy atom. The van der Waals surface area contributed by atoms with Gasteiger partial charge in [-0.15, -0.1) is 0 Å². The fraction of sp³-hybridized carbons (Fsp3) is 0.455. The van der Waals surface area contributed by atoms with Crippen molar-refractivity contribution in [1.82, 2.24) is 0 Å². The highest BCUT2D eigenvalue weighted by atomic mass is 79.9. The van der Waals surface area contributed by atoms with Crippen LogP contribution in [0.2, 0.25) is 0 Å². The smallest absolute Gasteiger partial charge is 0.418 e. The topological polar surface area (TPSA) is 40.5 Å². The van der Waals surface area contributed by atoms with Crippen molar-refractivity contribution in [3.63, 3.8) is 0 Å². The Morgan fingerprint density at radius 1 is 0.909 bits per heavy atom. The van der Waals surface area contributed by atoms with E-state index in [0.29, 0.717) is 0 Å². The molecule has 0 bridgehead atoms. The van der Waals surface area contributed by atoms with E-state index >= 15 is 0 Å². The van der Waals surface area contributed by atoms with Crippen LogP contribution in [0.15, 0.2) is 25.6 Å². The predicted molar refractivity (Wildman–Crippen MR) is 94.7 cm³/mol. The molecular weight excluding hydrogens is 523 g/mol. The van der Waals surface area contributed by atoms with Crippen molar-refractivity contribution in [2.45, 2.75) is 5.75 Å². The van der Waals surface area contributed by atoms with Crippen molar-refractivity contribution in [3.8, 4) is 0 Å². The van der Waals surface area contributed by atoms with Crippen molar-refractivity contribution in [2.75, 3.05) is 24.7 Å². The molecule has 0 aliphatic heterocycles. The van der Waals surface area contributed by atoms with Gasteiger partial charge in [0, 0.05) is 19.0 Å². The maximum absolute atomic E-state index is 9.75. The van der Waals surface area contributed by atoms with Crippen LogP contribution in [0.4, 0.5) is 17.3 Å². The van der Waals surface area contributed by atoms with Gasteiger partial charge in [0.1, 0.15) is 17.3 Å². The van der Waals surface area contributed by atoms with Gasteiger partial charge in [-0.2, -0.15) is 0 Å². The Bertz CT molecular complexity index is 430. The first-order chi connectivity index (χ1) is 10.1. The van der Waals surface area contributed by atoms with Gasteiger partial charge in [-0.3, -0.25) is 0 Å². The average molecular weight is 537 g/mol. The molecule has 0 unspecified atom stereocenters. The fourth-order valence-corrected chi connectivity index (χ4v) is 6.06. The Morgan fingerprint density at radius 2 is 1.27 bits per heavy atom. The molecule has 0 fully saturated rings. The summed E-state index contributed by atoms with van der Waals surface area (Å²) in [4.78, 5) is 0. The van der Waals surface area contributed by atoms with Gasteiger partial charge in [0.2, 0.25) is 0 Å². The van der Waals surface area contributed by atoms with Crippen LogP contribution in [0.5, 0.6) is 0 Å². The van der Waals surface area contributed by atoms with E-state index in [9.17, 15) is 17.3 Å². The summed E-state index contributed by atoms with van der Waals surface area (Å²) < 4.78 is 42.1. The summed E-state index contributed by atoms with van der Waals surface area (Å²) in [5, 5.41) is 18.0. The van der Waals surface area contributed by atoms with Crippen molar-refractivity contribution < 1.29 is 27.5 Å². The quantitative estimate of drug-likeness (QED) is 0.322. The summed E-state index contributed by atoms with van der Waals surface area (Å²) in [6.45, 7) is 0.351. The standard InChI is InChI=1S/C11H14Br3O2S.BF4/c12-8-5-10(13)9(11(14)6-8)7-17(3-1-15)4-2-16;2-1(3,4)5/h5-6,15-16H,1-4,7H2;/q+1;-1. The first kappa shape index (κ1) is 22.7. The van der Waals surface area contributed by atoms with Crippen LogP contribution in [0.25, 0.3) is 0 Å². The zero-order chi connectivity index (χ0) is 17.3. The highest BCUT2D eigenvalue weighted by molar-refractivity contribution is 9.11. The third-order valence-electron chi connectivity index (χ3n) is 2.21. The molecule has 0 aliphatic rings. The van der Waals surface area contributed by atoms with Gasteiger partial charge in [-0.25, -0.2) is 0 Å². The Labute approximate surface area is 154 Å². The largest absolute Gasteiger partial charge is 0.673 e. The predicted octanol–water partition coefficient (Wildman–Crippen LogP) is 4.38. The lowest BCUT2D eigenvalue weighted by Crippen LogP contribution is -2.20. The van der Waals surface area contributed by atoms with Crippen LogP contribution >= 0.6 is 47.8 Å². The number of benzene rings is 1. The SMILES string of the molecule is F[B-](F)(F)F.OCC[S+](CCO)Cc1c(Br)cc(Br)cc1Br. The maximum Gasteiger partial charge on any atom is 0.673 e. The van der Waals surface area contributed by atoms with E-state index in [1.54, 1.807) is 0 Å². The summed E-state index contributed by atoms with van der Waals surface area (Å²) in [6, 6.07) is 4.03. The Hall–Kier alpha value is 0.715. The zero-order valence-electron chi connectivity index (χ0n) is 11.2. The first-order valence-electron chi connectivity index (χ1n) is 5.95. The summed E-state index contributed by atoms with van der Waals surface area (Å²) in [5.41, 5.74) is 1.19. The molecule has 0 aliphatic carbocycles. The fourth-order valence-electron chi connectivity index (χ4n) is 1.42. The van der Waals surface area contributed by atoms with Gasteiger partial charge >= 0.3 is 7.25 Å². The van der Waals surface area contributed by atoms with E-state index in [-0.39, 0.29) is 24.1 Å². The molecular formula is C11H14BBr3F4O2S. The van der Waals surface area contributed by atoms with Crippen molar-refractivity contribution in [3.05, 3.63) is 31.1 Å². The van der Waals surface area contributed by atoms with Crippen LogP contribution in [0.3, 0.4) is 0 Å². The third-order valence-corrected chi connectivity index (χ3v) is 6.30. The minimum absolute atomic E-state index is 0.0220. The first-order valence-corrected chi connectivity index (χ1v) is 10.1. The van der Waals surface area contributed by atoms with Gasteiger partial charge in [-0.05, 0) is 23.0 Å². The molecule has 2 N–H and O–H groups in total. The molecule has 0 amide bonds. The highest BCUT2D eigenvalue weighted by Gasteiger charge is 2.21. The second kappa shape index (κ2) is 11.3. The molecule has 0 heterocycles. The molecule has 0 radical (unpaired) electrons. The highest BCUT2D eigenvalue weighted by Crippen LogP contribution is 2.31.